The van der Waals surface area contributed by atoms with E-state index in [1.54, 1.807) is 6.20 Å². The van der Waals surface area contributed by atoms with Crippen LogP contribution in [0.5, 0.6) is 0 Å². The first-order chi connectivity index (χ1) is 9.92. The van der Waals surface area contributed by atoms with Gasteiger partial charge < -0.3 is 15.3 Å². The Hall–Kier alpha value is -2.03. The van der Waals surface area contributed by atoms with Gasteiger partial charge in [0, 0.05) is 32.3 Å². The SMILES string of the molecule is CC1CC(C)CN(/C=C(/C#N)C(=O)NCCCC(=O)O)C1. The van der Waals surface area contributed by atoms with Gasteiger partial charge in [0.25, 0.3) is 5.91 Å². The zero-order chi connectivity index (χ0) is 15.8. The van der Waals surface area contributed by atoms with Crippen LogP contribution in [0, 0.1) is 23.2 Å². The maximum Gasteiger partial charge on any atom is 0.303 e. The molecule has 2 N–H and O–H groups in total. The molecule has 1 aliphatic rings. The third-order valence-electron chi connectivity index (χ3n) is 3.43. The number of amides is 1. The Morgan fingerprint density at radius 2 is 2.00 bits per heavy atom. The number of nitrogens with one attached hydrogen (secondary N) is 1. The van der Waals surface area contributed by atoms with E-state index in [1.807, 2.05) is 11.0 Å². The highest BCUT2D eigenvalue weighted by molar-refractivity contribution is 5.97. The second kappa shape index (κ2) is 8.30. The summed E-state index contributed by atoms with van der Waals surface area (Å²) < 4.78 is 0. The molecule has 0 aromatic carbocycles. The van der Waals surface area contributed by atoms with Crippen molar-refractivity contribution in [3.63, 3.8) is 0 Å². The van der Waals surface area contributed by atoms with Gasteiger partial charge in [0.1, 0.15) is 11.6 Å². The van der Waals surface area contributed by atoms with Gasteiger partial charge in [-0.05, 0) is 24.7 Å². The standard InChI is InChI=1S/C15H23N3O3/c1-11-6-12(2)9-18(8-11)10-13(7-16)15(21)17-5-3-4-14(19)20/h10-12H,3-6,8-9H2,1-2H3,(H,17,21)(H,19,20)/b13-10-. The van der Waals surface area contributed by atoms with E-state index >= 15 is 0 Å². The Morgan fingerprint density at radius 3 is 2.52 bits per heavy atom. The number of carbonyl (C=O) groups excluding carboxylic acids is 1. The van der Waals surface area contributed by atoms with Crippen LogP contribution >= 0.6 is 0 Å². The zero-order valence-corrected chi connectivity index (χ0v) is 12.6. The number of aliphatic carboxylic acids is 1. The van der Waals surface area contributed by atoms with Crippen LogP contribution in [0.4, 0.5) is 0 Å². The molecule has 2 unspecified atom stereocenters. The van der Waals surface area contributed by atoms with E-state index in [0.717, 1.165) is 19.5 Å². The van der Waals surface area contributed by atoms with E-state index in [0.29, 0.717) is 18.3 Å². The molecule has 0 spiro atoms. The average Bonchev–Trinajstić information content (AvgIpc) is 2.39. The van der Waals surface area contributed by atoms with Crippen LogP contribution in [-0.2, 0) is 9.59 Å². The van der Waals surface area contributed by atoms with Crippen molar-refractivity contribution in [3.8, 4) is 6.07 Å². The summed E-state index contributed by atoms with van der Waals surface area (Å²) >= 11 is 0. The molecule has 0 aliphatic carbocycles. The topological polar surface area (TPSA) is 93.4 Å². The summed E-state index contributed by atoms with van der Waals surface area (Å²) in [7, 11) is 0. The van der Waals surface area contributed by atoms with Crippen LogP contribution in [0.2, 0.25) is 0 Å². The Balaban J connectivity index is 2.52. The Labute approximate surface area is 125 Å². The van der Waals surface area contributed by atoms with Crippen LogP contribution < -0.4 is 5.32 Å². The van der Waals surface area contributed by atoms with Crippen LogP contribution in [0.3, 0.4) is 0 Å². The number of nitrogens with zero attached hydrogens (tertiary/aromatic N) is 2. The van der Waals surface area contributed by atoms with Crippen LogP contribution in [0.25, 0.3) is 0 Å². The number of likely N-dealkylation sites (tertiary alicyclic amines) is 1. The molecule has 0 aromatic heterocycles. The average molecular weight is 293 g/mol. The molecule has 0 saturated carbocycles. The Morgan fingerprint density at radius 1 is 1.38 bits per heavy atom. The van der Waals surface area contributed by atoms with Gasteiger partial charge in [0.05, 0.1) is 0 Å². The lowest BCUT2D eigenvalue weighted by atomic mass is 9.92. The molecule has 0 bridgehead atoms. The molecule has 1 heterocycles. The van der Waals surface area contributed by atoms with Gasteiger partial charge in [-0.15, -0.1) is 0 Å². The molecule has 21 heavy (non-hydrogen) atoms. The second-order valence-electron chi connectivity index (χ2n) is 5.81. The summed E-state index contributed by atoms with van der Waals surface area (Å²) in [5.41, 5.74) is 0.0756. The smallest absolute Gasteiger partial charge is 0.303 e. The normalized spacial score (nSPS) is 22.5. The highest BCUT2D eigenvalue weighted by Gasteiger charge is 2.21. The summed E-state index contributed by atoms with van der Waals surface area (Å²) in [6.45, 7) is 6.28. The molecule has 1 aliphatic heterocycles. The fourth-order valence-corrected chi connectivity index (χ4v) is 2.67. The molecule has 0 radical (unpaired) electrons. The predicted molar refractivity (Wildman–Crippen MR) is 78.1 cm³/mol. The highest BCUT2D eigenvalue weighted by atomic mass is 16.4. The van der Waals surface area contributed by atoms with Crippen molar-refractivity contribution in [2.75, 3.05) is 19.6 Å². The molecule has 0 aromatic rings. The van der Waals surface area contributed by atoms with Crippen molar-refractivity contribution in [2.45, 2.75) is 33.1 Å². The summed E-state index contributed by atoms with van der Waals surface area (Å²) in [5.74, 6) is -0.238. The van der Waals surface area contributed by atoms with Gasteiger partial charge in [-0.25, -0.2) is 0 Å². The molecule has 1 saturated heterocycles. The van der Waals surface area contributed by atoms with Crippen molar-refractivity contribution < 1.29 is 14.7 Å². The first kappa shape index (κ1) is 17.0. The fourth-order valence-electron chi connectivity index (χ4n) is 2.67. The quantitative estimate of drug-likeness (QED) is 0.438. The lowest BCUT2D eigenvalue weighted by Crippen LogP contribution is -2.36. The van der Waals surface area contributed by atoms with Gasteiger partial charge >= 0.3 is 5.97 Å². The lowest BCUT2D eigenvalue weighted by Gasteiger charge is -2.34. The van der Waals surface area contributed by atoms with Gasteiger partial charge in [-0.1, -0.05) is 13.8 Å². The van der Waals surface area contributed by atoms with E-state index in [-0.39, 0.29) is 18.5 Å². The first-order valence-corrected chi connectivity index (χ1v) is 7.28. The molecule has 116 valence electrons. The first-order valence-electron chi connectivity index (χ1n) is 7.28. The molecular formula is C15H23N3O3. The summed E-state index contributed by atoms with van der Waals surface area (Å²) in [5, 5.41) is 20.2. The van der Waals surface area contributed by atoms with E-state index in [4.69, 9.17) is 10.4 Å². The number of carboxylic acid groups (broad SMARTS) is 1. The molecular weight excluding hydrogens is 270 g/mol. The summed E-state index contributed by atoms with van der Waals surface area (Å²) in [6.07, 6.45) is 3.15. The number of rotatable bonds is 6. The number of nitriles is 1. The molecule has 1 rings (SSSR count). The van der Waals surface area contributed by atoms with Gasteiger partial charge in [0.2, 0.25) is 0 Å². The number of carbonyl (C=O) groups is 2. The van der Waals surface area contributed by atoms with E-state index < -0.39 is 11.9 Å². The molecule has 1 fully saturated rings. The van der Waals surface area contributed by atoms with Crippen molar-refractivity contribution >= 4 is 11.9 Å². The van der Waals surface area contributed by atoms with E-state index in [9.17, 15) is 9.59 Å². The monoisotopic (exact) mass is 293 g/mol. The predicted octanol–water partition coefficient (Wildman–Crippen LogP) is 1.35. The minimum Gasteiger partial charge on any atom is -0.481 e. The second-order valence-corrected chi connectivity index (χ2v) is 5.81. The maximum atomic E-state index is 11.9. The van der Waals surface area contributed by atoms with Crippen molar-refractivity contribution in [1.82, 2.24) is 10.2 Å². The van der Waals surface area contributed by atoms with Crippen molar-refractivity contribution in [1.29, 1.82) is 5.26 Å². The van der Waals surface area contributed by atoms with E-state index in [2.05, 4.69) is 19.2 Å². The highest BCUT2D eigenvalue weighted by Crippen LogP contribution is 2.21. The lowest BCUT2D eigenvalue weighted by molar-refractivity contribution is -0.137. The third-order valence-corrected chi connectivity index (χ3v) is 3.43. The van der Waals surface area contributed by atoms with Crippen molar-refractivity contribution in [3.05, 3.63) is 11.8 Å². The van der Waals surface area contributed by atoms with Gasteiger partial charge in [-0.3, -0.25) is 9.59 Å². The number of hydrogen-bond donors (Lipinski definition) is 2. The largest absolute Gasteiger partial charge is 0.481 e. The molecule has 1 amide bonds. The van der Waals surface area contributed by atoms with Crippen LogP contribution in [0.15, 0.2) is 11.8 Å². The maximum absolute atomic E-state index is 11.9. The minimum atomic E-state index is -0.892. The molecule has 6 heteroatoms. The van der Waals surface area contributed by atoms with E-state index in [1.165, 1.54) is 0 Å². The van der Waals surface area contributed by atoms with Crippen LogP contribution in [-0.4, -0.2) is 41.5 Å². The molecule has 2 atom stereocenters. The van der Waals surface area contributed by atoms with Crippen molar-refractivity contribution in [2.24, 2.45) is 11.8 Å². The van der Waals surface area contributed by atoms with Gasteiger partial charge in [-0.2, -0.15) is 5.26 Å². The summed E-state index contributed by atoms with van der Waals surface area (Å²) in [4.78, 5) is 24.3. The fraction of sp³-hybridized carbons (Fsp3) is 0.667. The number of piperidine rings is 1. The minimum absolute atomic E-state index is 0.00698. The third kappa shape index (κ3) is 6.30. The Kier molecular flexibility index (Phi) is 6.73. The summed E-state index contributed by atoms with van der Waals surface area (Å²) in [6, 6.07) is 1.92. The van der Waals surface area contributed by atoms with Gasteiger partial charge in [0.15, 0.2) is 0 Å². The zero-order valence-electron chi connectivity index (χ0n) is 12.6. The number of carboxylic acids is 1. The van der Waals surface area contributed by atoms with Crippen LogP contribution in [0.1, 0.15) is 33.1 Å². The Bertz CT molecular complexity index is 444. The number of hydrogen-bond acceptors (Lipinski definition) is 4. The molecule has 6 nitrogen and oxygen atoms in total.